The van der Waals surface area contributed by atoms with E-state index in [1.807, 2.05) is 4.72 Å². The van der Waals surface area contributed by atoms with Gasteiger partial charge in [0, 0.05) is 64.3 Å². The minimum Gasteiger partial charge on any atom is -0.371 e. The van der Waals surface area contributed by atoms with Crippen LogP contribution in [0.3, 0.4) is 0 Å². The van der Waals surface area contributed by atoms with Crippen LogP contribution in [0.15, 0.2) is 30.3 Å². The summed E-state index contributed by atoms with van der Waals surface area (Å²) in [6.45, 7) is 10.4. The Morgan fingerprint density at radius 3 is 2.26 bits per heavy atom. The molecule has 11 nitrogen and oxygen atoms in total. The Morgan fingerprint density at radius 1 is 1.00 bits per heavy atom. The molecule has 2 aromatic heterocycles. The van der Waals surface area contributed by atoms with Gasteiger partial charge in [0.15, 0.2) is 5.65 Å². The van der Waals surface area contributed by atoms with Crippen molar-refractivity contribution in [1.29, 1.82) is 0 Å². The van der Waals surface area contributed by atoms with Crippen molar-refractivity contribution in [3.63, 3.8) is 0 Å². The fraction of sp³-hybridized carbons (Fsp3) is 0.567. The van der Waals surface area contributed by atoms with E-state index in [1.54, 1.807) is 22.9 Å². The van der Waals surface area contributed by atoms with Crippen molar-refractivity contribution in [2.75, 3.05) is 51.2 Å². The van der Waals surface area contributed by atoms with Crippen molar-refractivity contribution in [1.82, 2.24) is 34.0 Å². The number of piperazine rings is 1. The van der Waals surface area contributed by atoms with Gasteiger partial charge in [0.25, 0.3) is 5.91 Å². The minimum absolute atomic E-state index is 0.0170. The van der Waals surface area contributed by atoms with E-state index in [0.717, 1.165) is 88.1 Å². The highest BCUT2D eigenvalue weighted by Crippen LogP contribution is 2.43. The fourth-order valence-electron chi connectivity index (χ4n) is 6.53. The van der Waals surface area contributed by atoms with Crippen LogP contribution in [0.4, 0.5) is 10.1 Å². The van der Waals surface area contributed by atoms with E-state index in [2.05, 4.69) is 38.3 Å². The molecule has 4 heterocycles. The van der Waals surface area contributed by atoms with Gasteiger partial charge in [0.2, 0.25) is 0 Å². The SMILES string of the molecule is CNS(=O)(=O)NC(=O)c1cc(N2CCC(N3CCN(C(C)C)CC3)CC2)c2c(C3CCC3)nn(-c3ccc(F)cc3)c2n1. The van der Waals surface area contributed by atoms with E-state index in [1.165, 1.54) is 19.2 Å². The summed E-state index contributed by atoms with van der Waals surface area (Å²) >= 11 is 0. The molecule has 0 bridgehead atoms. The van der Waals surface area contributed by atoms with Gasteiger partial charge in [-0.25, -0.2) is 23.5 Å². The molecule has 1 aliphatic carbocycles. The largest absolute Gasteiger partial charge is 0.371 e. The van der Waals surface area contributed by atoms with Crippen molar-refractivity contribution in [2.24, 2.45) is 0 Å². The summed E-state index contributed by atoms with van der Waals surface area (Å²) in [5, 5.41) is 5.88. The summed E-state index contributed by atoms with van der Waals surface area (Å²) in [5.74, 6) is -0.921. The molecule has 0 radical (unpaired) electrons. The molecule has 0 unspecified atom stereocenters. The Morgan fingerprint density at radius 2 is 1.67 bits per heavy atom. The van der Waals surface area contributed by atoms with Crippen molar-refractivity contribution in [3.05, 3.63) is 47.5 Å². The monoisotopic (exact) mass is 612 g/mol. The maximum absolute atomic E-state index is 13.8. The van der Waals surface area contributed by atoms with Crippen LogP contribution in [0.5, 0.6) is 0 Å². The Kier molecular flexibility index (Phi) is 8.42. The Labute approximate surface area is 252 Å². The van der Waals surface area contributed by atoms with Gasteiger partial charge < -0.3 is 4.90 Å². The average molecular weight is 613 g/mol. The summed E-state index contributed by atoms with van der Waals surface area (Å²) in [7, 11) is -2.80. The van der Waals surface area contributed by atoms with E-state index < -0.39 is 16.1 Å². The molecule has 0 atom stereocenters. The number of nitrogens with one attached hydrogen (secondary N) is 2. The van der Waals surface area contributed by atoms with Crippen molar-refractivity contribution < 1.29 is 17.6 Å². The third kappa shape index (κ3) is 6.13. The third-order valence-corrected chi connectivity index (χ3v) is 10.3. The van der Waals surface area contributed by atoms with Gasteiger partial charge in [0.05, 0.1) is 22.5 Å². The molecular formula is C30H41FN8O3S. The lowest BCUT2D eigenvalue weighted by atomic mass is 9.82. The summed E-state index contributed by atoms with van der Waals surface area (Å²) in [6, 6.07) is 8.78. The molecule has 1 aromatic carbocycles. The average Bonchev–Trinajstić information content (AvgIpc) is 3.35. The second-order valence-corrected chi connectivity index (χ2v) is 13.8. The number of nitrogens with zero attached hydrogens (tertiary/aromatic N) is 6. The van der Waals surface area contributed by atoms with Crippen LogP contribution in [0.1, 0.15) is 68.1 Å². The minimum atomic E-state index is -4.03. The third-order valence-electron chi connectivity index (χ3n) is 9.34. The number of amides is 1. The number of hydrogen-bond acceptors (Lipinski definition) is 8. The van der Waals surface area contributed by atoms with Crippen molar-refractivity contribution in [2.45, 2.75) is 64.0 Å². The molecular weight excluding hydrogens is 571 g/mol. The second-order valence-electron chi connectivity index (χ2n) is 12.1. The molecule has 6 rings (SSSR count). The Bertz CT molecular complexity index is 1570. The molecule has 232 valence electrons. The topological polar surface area (TPSA) is 116 Å². The van der Waals surface area contributed by atoms with Gasteiger partial charge >= 0.3 is 10.2 Å². The summed E-state index contributed by atoms with van der Waals surface area (Å²) in [6.07, 6.45) is 5.14. The molecule has 3 aromatic rings. The van der Waals surface area contributed by atoms with Crippen molar-refractivity contribution in [3.8, 4) is 5.69 Å². The lowest BCUT2D eigenvalue weighted by molar-refractivity contribution is 0.0692. The molecule has 2 N–H and O–H groups in total. The predicted molar refractivity (Wildman–Crippen MR) is 164 cm³/mol. The number of aromatic nitrogens is 3. The number of piperidine rings is 1. The molecule has 2 saturated heterocycles. The number of rotatable bonds is 8. The van der Waals surface area contributed by atoms with E-state index in [9.17, 15) is 17.6 Å². The van der Waals surface area contributed by atoms with Gasteiger partial charge in [-0.3, -0.25) is 14.6 Å². The first kappa shape index (κ1) is 29.9. The number of benzene rings is 1. The highest BCUT2D eigenvalue weighted by atomic mass is 32.2. The van der Waals surface area contributed by atoms with Crippen LogP contribution in [-0.4, -0.2) is 97.3 Å². The molecule has 3 aliphatic rings. The van der Waals surface area contributed by atoms with E-state index >= 15 is 0 Å². The molecule has 13 heteroatoms. The van der Waals surface area contributed by atoms with Crippen molar-refractivity contribution >= 4 is 32.8 Å². The highest BCUT2D eigenvalue weighted by Gasteiger charge is 2.33. The zero-order chi connectivity index (χ0) is 30.3. The lowest BCUT2D eigenvalue weighted by Crippen LogP contribution is -2.54. The first-order valence-corrected chi connectivity index (χ1v) is 16.8. The normalized spacial score (nSPS) is 19.7. The van der Waals surface area contributed by atoms with Crippen LogP contribution >= 0.6 is 0 Å². The van der Waals surface area contributed by atoms with Crippen LogP contribution in [0.25, 0.3) is 16.7 Å². The van der Waals surface area contributed by atoms with E-state index in [4.69, 9.17) is 5.10 Å². The number of pyridine rings is 1. The number of hydrogen-bond donors (Lipinski definition) is 2. The van der Waals surface area contributed by atoms with Gasteiger partial charge in [-0.2, -0.15) is 13.5 Å². The number of anilines is 1. The zero-order valence-electron chi connectivity index (χ0n) is 25.1. The summed E-state index contributed by atoms with van der Waals surface area (Å²) in [4.78, 5) is 25.4. The fourth-order valence-corrected chi connectivity index (χ4v) is 6.99. The quantitative estimate of drug-likeness (QED) is 0.399. The molecule has 2 aliphatic heterocycles. The standard InChI is InChI=1S/C30H41FN8O3S/c1-20(2)36-15-17-37(18-16-36)23-11-13-38(14-12-23)26-19-25(30(40)35-43(41,42)32-3)33-29-27(26)28(21-5-4-6-21)34-39(29)24-9-7-22(31)8-10-24/h7-10,19-21,23,32H,4-6,11-18H2,1-3H3,(H,35,40). The first-order valence-electron chi connectivity index (χ1n) is 15.3. The molecule has 3 fully saturated rings. The number of carbonyl (C=O) groups is 1. The Hall–Kier alpha value is -3.13. The van der Waals surface area contributed by atoms with E-state index in [0.29, 0.717) is 23.4 Å². The number of fused-ring (bicyclic) bond motifs is 1. The second kappa shape index (κ2) is 12.1. The van der Waals surface area contributed by atoms with Crippen LogP contribution in [0.2, 0.25) is 0 Å². The van der Waals surface area contributed by atoms with Crippen LogP contribution in [0, 0.1) is 5.82 Å². The van der Waals surface area contributed by atoms with Gasteiger partial charge in [-0.1, -0.05) is 6.42 Å². The van der Waals surface area contributed by atoms with Gasteiger partial charge in [-0.15, -0.1) is 0 Å². The van der Waals surface area contributed by atoms with E-state index in [-0.39, 0.29) is 17.4 Å². The highest BCUT2D eigenvalue weighted by molar-refractivity contribution is 7.88. The summed E-state index contributed by atoms with van der Waals surface area (Å²) < 4.78 is 44.1. The first-order chi connectivity index (χ1) is 20.6. The summed E-state index contributed by atoms with van der Waals surface area (Å²) in [5.41, 5.74) is 2.84. The maximum atomic E-state index is 13.8. The number of carbonyl (C=O) groups excluding carboxylic acids is 1. The number of halogens is 1. The van der Waals surface area contributed by atoms with Gasteiger partial charge in [-0.05, 0) is 69.9 Å². The van der Waals surface area contributed by atoms with Crippen LogP contribution in [-0.2, 0) is 10.2 Å². The van der Waals surface area contributed by atoms with Gasteiger partial charge in [0.1, 0.15) is 11.5 Å². The molecule has 0 spiro atoms. The smallest absolute Gasteiger partial charge is 0.301 e. The zero-order valence-corrected chi connectivity index (χ0v) is 25.9. The molecule has 1 saturated carbocycles. The molecule has 1 amide bonds. The van der Waals surface area contributed by atoms with Crippen LogP contribution < -0.4 is 14.3 Å². The predicted octanol–water partition coefficient (Wildman–Crippen LogP) is 3.02. The Balaban J connectivity index is 1.37. The lowest BCUT2D eigenvalue weighted by Gasteiger charge is -2.44. The maximum Gasteiger partial charge on any atom is 0.301 e. The molecule has 43 heavy (non-hydrogen) atoms.